The Morgan fingerprint density at radius 3 is 1.85 bits per heavy atom. The standard InChI is InChI=1S/C24H50INO4Si3/c1-10-32(11-2,12-3)29-17-16-24(30-33(13-4,14-5)15-6)20-22(25)23(27)26(24)21-28-18-19-31(7,8)9/h20H,10-19,21H2,1-9H3. The first-order valence-electron chi connectivity index (χ1n) is 13.0. The van der Waals surface area contributed by atoms with Gasteiger partial charge in [-0.1, -0.05) is 61.2 Å². The predicted molar refractivity (Wildman–Crippen MR) is 157 cm³/mol. The van der Waals surface area contributed by atoms with E-state index >= 15 is 0 Å². The first kappa shape index (κ1) is 31.5. The highest BCUT2D eigenvalue weighted by atomic mass is 127. The number of nitrogens with zero attached hydrogens (tertiary/aromatic N) is 1. The lowest BCUT2D eigenvalue weighted by atomic mass is 10.1. The lowest BCUT2D eigenvalue weighted by Crippen LogP contribution is -2.57. The van der Waals surface area contributed by atoms with Crippen molar-refractivity contribution in [2.24, 2.45) is 0 Å². The van der Waals surface area contributed by atoms with Crippen molar-refractivity contribution in [3.8, 4) is 0 Å². The van der Waals surface area contributed by atoms with Gasteiger partial charge >= 0.3 is 0 Å². The van der Waals surface area contributed by atoms with Crippen LogP contribution in [0.4, 0.5) is 0 Å². The molecule has 0 N–H and O–H groups in total. The van der Waals surface area contributed by atoms with Crippen molar-refractivity contribution in [2.45, 2.75) is 116 Å². The molecule has 0 saturated carbocycles. The van der Waals surface area contributed by atoms with E-state index in [9.17, 15) is 4.79 Å². The third-order valence-electron chi connectivity index (χ3n) is 7.60. The number of carbonyl (C=O) groups is 1. The highest BCUT2D eigenvalue weighted by Gasteiger charge is 2.50. The molecule has 0 aromatic heterocycles. The third kappa shape index (κ3) is 8.52. The second kappa shape index (κ2) is 13.7. The van der Waals surface area contributed by atoms with Crippen molar-refractivity contribution in [3.63, 3.8) is 0 Å². The fourth-order valence-corrected chi connectivity index (χ4v) is 11.6. The van der Waals surface area contributed by atoms with Crippen LogP contribution >= 0.6 is 22.6 Å². The van der Waals surface area contributed by atoms with E-state index in [-0.39, 0.29) is 12.6 Å². The second-order valence-electron chi connectivity index (χ2n) is 10.6. The van der Waals surface area contributed by atoms with E-state index < -0.39 is 30.4 Å². The van der Waals surface area contributed by atoms with Gasteiger partial charge in [0.2, 0.25) is 0 Å². The Balaban J connectivity index is 3.19. The molecule has 0 aromatic rings. The topological polar surface area (TPSA) is 48.0 Å². The number of amides is 1. The summed E-state index contributed by atoms with van der Waals surface area (Å²) in [6.45, 7) is 22.2. The summed E-state index contributed by atoms with van der Waals surface area (Å²) in [5.74, 6) is 0.0276. The molecule has 194 valence electrons. The minimum Gasteiger partial charge on any atom is -0.417 e. The number of rotatable bonds is 17. The fraction of sp³-hybridized carbons (Fsp3) is 0.875. The highest BCUT2D eigenvalue weighted by molar-refractivity contribution is 14.1. The lowest BCUT2D eigenvalue weighted by Gasteiger charge is -2.45. The molecule has 5 nitrogen and oxygen atoms in total. The molecule has 0 spiro atoms. The van der Waals surface area contributed by atoms with Crippen LogP contribution in [0.3, 0.4) is 0 Å². The van der Waals surface area contributed by atoms with Crippen molar-refractivity contribution in [2.75, 3.05) is 19.9 Å². The second-order valence-corrected chi connectivity index (χ2v) is 26.9. The summed E-state index contributed by atoms with van der Waals surface area (Å²) < 4.78 is 20.6. The van der Waals surface area contributed by atoms with Crippen LogP contribution in [-0.4, -0.2) is 61.2 Å². The van der Waals surface area contributed by atoms with Gasteiger partial charge in [0.05, 0.1) is 3.58 Å². The van der Waals surface area contributed by atoms with Crippen LogP contribution in [0.15, 0.2) is 9.66 Å². The van der Waals surface area contributed by atoms with E-state index in [1.165, 1.54) is 0 Å². The number of carbonyl (C=O) groups excluding carboxylic acids is 1. The van der Waals surface area contributed by atoms with E-state index in [4.69, 9.17) is 13.6 Å². The third-order valence-corrected chi connectivity index (χ3v) is 19.4. The molecule has 33 heavy (non-hydrogen) atoms. The molecule has 1 aliphatic heterocycles. The van der Waals surface area contributed by atoms with E-state index in [2.05, 4.69) is 89.9 Å². The molecule has 1 unspecified atom stereocenters. The van der Waals surface area contributed by atoms with E-state index in [0.717, 1.165) is 45.9 Å². The van der Waals surface area contributed by atoms with E-state index in [1.807, 2.05) is 4.90 Å². The molecule has 0 saturated heterocycles. The van der Waals surface area contributed by atoms with Gasteiger partial charge in [0, 0.05) is 27.7 Å². The molecule has 9 heteroatoms. The largest absolute Gasteiger partial charge is 0.417 e. The van der Waals surface area contributed by atoms with E-state index in [0.29, 0.717) is 19.6 Å². The van der Waals surface area contributed by atoms with Crippen molar-refractivity contribution in [1.29, 1.82) is 0 Å². The molecule has 1 aliphatic rings. The Morgan fingerprint density at radius 1 is 0.879 bits per heavy atom. The summed E-state index contributed by atoms with van der Waals surface area (Å²) in [4.78, 5) is 15.1. The molecule has 0 fully saturated rings. The Hall–Kier alpha value is 0.471. The zero-order valence-corrected chi connectivity index (χ0v) is 28.0. The maximum atomic E-state index is 13.3. The molecule has 0 bridgehead atoms. The number of ether oxygens (including phenoxy) is 1. The molecule has 1 rings (SSSR count). The van der Waals surface area contributed by atoms with E-state index in [1.54, 1.807) is 0 Å². The van der Waals surface area contributed by atoms with Crippen LogP contribution in [0, 0.1) is 0 Å². The number of halogens is 1. The number of hydrogen-bond donors (Lipinski definition) is 0. The van der Waals surface area contributed by atoms with Gasteiger partial charge in [0.1, 0.15) is 6.73 Å². The first-order valence-corrected chi connectivity index (χ1v) is 22.9. The Bertz CT molecular complexity index is 632. The minimum atomic E-state index is -1.99. The van der Waals surface area contributed by atoms with Crippen molar-refractivity contribution >= 4 is 53.2 Å². The van der Waals surface area contributed by atoms with Crippen LogP contribution in [0.5, 0.6) is 0 Å². The normalized spacial score (nSPS) is 20.0. The maximum absolute atomic E-state index is 13.3. The molecule has 0 radical (unpaired) electrons. The lowest BCUT2D eigenvalue weighted by molar-refractivity contribution is -0.154. The zero-order valence-electron chi connectivity index (χ0n) is 22.8. The average Bonchev–Trinajstić information content (AvgIpc) is 3.01. The van der Waals surface area contributed by atoms with Gasteiger partial charge in [-0.2, -0.15) is 0 Å². The monoisotopic (exact) mass is 627 g/mol. The molecule has 1 atom stereocenters. The van der Waals surface area contributed by atoms with Crippen LogP contribution < -0.4 is 0 Å². The van der Waals surface area contributed by atoms with Gasteiger partial charge in [0.15, 0.2) is 22.4 Å². The van der Waals surface area contributed by atoms with Crippen LogP contribution in [0.1, 0.15) is 48.0 Å². The van der Waals surface area contributed by atoms with Crippen LogP contribution in [0.2, 0.25) is 61.9 Å². The smallest absolute Gasteiger partial charge is 0.264 e. The highest BCUT2D eigenvalue weighted by Crippen LogP contribution is 2.40. The summed E-state index contributed by atoms with van der Waals surface area (Å²) in [6.07, 6.45) is 2.74. The molecule has 1 amide bonds. The van der Waals surface area contributed by atoms with Gasteiger partial charge in [-0.15, -0.1) is 0 Å². The van der Waals surface area contributed by atoms with Crippen molar-refractivity contribution in [1.82, 2.24) is 4.90 Å². The van der Waals surface area contributed by atoms with Gasteiger partial charge in [-0.25, -0.2) is 0 Å². The molecular formula is C24H50INO4Si3. The summed E-state index contributed by atoms with van der Waals surface area (Å²) in [5, 5.41) is 0. The summed E-state index contributed by atoms with van der Waals surface area (Å²) in [6, 6.07) is 7.60. The van der Waals surface area contributed by atoms with Crippen LogP contribution in [-0.2, 0) is 18.4 Å². The first-order chi connectivity index (χ1) is 15.4. The molecule has 1 heterocycles. The minimum absolute atomic E-state index is 0.0276. The fourth-order valence-electron chi connectivity index (χ4n) is 4.49. The predicted octanol–water partition coefficient (Wildman–Crippen LogP) is 7.59. The number of hydrogen-bond acceptors (Lipinski definition) is 4. The van der Waals surface area contributed by atoms with Gasteiger partial charge in [0.25, 0.3) is 5.91 Å². The van der Waals surface area contributed by atoms with Gasteiger partial charge < -0.3 is 13.6 Å². The Labute approximate surface area is 220 Å². The molecular weight excluding hydrogens is 577 g/mol. The van der Waals surface area contributed by atoms with Crippen molar-refractivity contribution < 1.29 is 18.4 Å². The van der Waals surface area contributed by atoms with Crippen LogP contribution in [0.25, 0.3) is 0 Å². The van der Waals surface area contributed by atoms with Gasteiger partial charge in [-0.05, 0) is 71.0 Å². The summed E-state index contributed by atoms with van der Waals surface area (Å²) in [7, 11) is -4.89. The van der Waals surface area contributed by atoms with Crippen molar-refractivity contribution in [3.05, 3.63) is 9.66 Å². The Kier molecular flexibility index (Phi) is 13.1. The zero-order chi connectivity index (χ0) is 25.3. The van der Waals surface area contributed by atoms with Gasteiger partial charge in [-0.3, -0.25) is 9.69 Å². The average molecular weight is 628 g/mol. The SMILES string of the molecule is CC[Si](CC)(CC)OCCC1(O[Si](CC)(CC)CC)C=C(I)C(=O)N1COCC[Si](C)(C)C. The summed E-state index contributed by atoms with van der Waals surface area (Å²) in [5.41, 5.74) is -0.754. The molecule has 0 aromatic carbocycles. The Morgan fingerprint density at radius 2 is 1.39 bits per heavy atom. The molecule has 0 aliphatic carbocycles. The quantitative estimate of drug-likeness (QED) is 0.0948. The maximum Gasteiger partial charge on any atom is 0.264 e. The summed E-state index contributed by atoms with van der Waals surface area (Å²) >= 11 is 2.17.